The maximum atomic E-state index is 5.25. The molecular formula is C16H15BrNO. The number of rotatable bonds is 5. The molecule has 0 aromatic heterocycles. The van der Waals surface area contributed by atoms with E-state index in [1.165, 1.54) is 5.56 Å². The number of halogens is 1. The maximum Gasteiger partial charge on any atom is 0.142 e. The quantitative estimate of drug-likeness (QED) is 0.590. The monoisotopic (exact) mass is 316 g/mol. The van der Waals surface area contributed by atoms with Gasteiger partial charge in [0.05, 0.1) is 0 Å². The van der Waals surface area contributed by atoms with Gasteiger partial charge < -0.3 is 4.84 Å². The summed E-state index contributed by atoms with van der Waals surface area (Å²) in [7, 11) is 0. The highest BCUT2D eigenvalue weighted by Gasteiger charge is 1.96. The zero-order valence-corrected chi connectivity index (χ0v) is 12.4. The van der Waals surface area contributed by atoms with Crippen molar-refractivity contribution < 1.29 is 4.84 Å². The lowest BCUT2D eigenvalue weighted by atomic mass is 10.1. The Bertz CT molecular complexity index is 549. The summed E-state index contributed by atoms with van der Waals surface area (Å²) >= 11 is 3.43. The molecule has 0 amide bonds. The normalized spacial score (nSPS) is 10.8. The van der Waals surface area contributed by atoms with Crippen molar-refractivity contribution in [1.82, 2.24) is 0 Å². The summed E-state index contributed by atoms with van der Waals surface area (Å²) < 4.78 is 0.953. The molecule has 0 unspecified atom stereocenters. The minimum absolute atomic E-state index is 0.460. The first-order valence-corrected chi connectivity index (χ1v) is 6.99. The average Bonchev–Trinajstić information content (AvgIpc) is 2.46. The number of hydrogen-bond acceptors (Lipinski definition) is 2. The summed E-state index contributed by atoms with van der Waals surface area (Å²) in [5.41, 5.74) is 3.31. The third-order valence-corrected chi connectivity index (χ3v) is 3.46. The van der Waals surface area contributed by atoms with E-state index in [0.29, 0.717) is 6.61 Å². The Morgan fingerprint density at radius 2 is 1.74 bits per heavy atom. The van der Waals surface area contributed by atoms with Crippen LogP contribution < -0.4 is 0 Å². The number of nitrogens with zero attached hydrogens (tertiary/aromatic N) is 1. The molecule has 0 bridgehead atoms. The highest BCUT2D eigenvalue weighted by molar-refractivity contribution is 9.10. The van der Waals surface area contributed by atoms with Crippen molar-refractivity contribution in [3.8, 4) is 0 Å². The van der Waals surface area contributed by atoms with Crippen LogP contribution in [0.3, 0.4) is 0 Å². The lowest BCUT2D eigenvalue weighted by molar-refractivity contribution is 0.132. The molecule has 19 heavy (non-hydrogen) atoms. The molecule has 0 atom stereocenters. The summed E-state index contributed by atoms with van der Waals surface area (Å²) in [6.07, 6.45) is 3.91. The fourth-order valence-corrected chi connectivity index (χ4v) is 1.98. The minimum Gasteiger partial charge on any atom is -0.390 e. The standard InChI is InChI=1S/C16H15BrNO/c1-2-13-7-9-14(10-8-13)12-19-18-11-15-5-3-4-6-16(15)17/h3-10H,2,12H2,1H3. The average molecular weight is 317 g/mol. The van der Waals surface area contributed by atoms with Crippen LogP contribution in [0.5, 0.6) is 0 Å². The summed E-state index contributed by atoms with van der Waals surface area (Å²) in [4.78, 5) is 5.25. The predicted molar refractivity (Wildman–Crippen MR) is 81.3 cm³/mol. The third-order valence-electron chi connectivity index (χ3n) is 2.77. The molecule has 0 N–H and O–H groups in total. The number of aryl methyl sites for hydroxylation is 1. The minimum atomic E-state index is 0.460. The Hall–Kier alpha value is -1.61. The fourth-order valence-electron chi connectivity index (χ4n) is 1.61. The highest BCUT2D eigenvalue weighted by atomic mass is 79.9. The van der Waals surface area contributed by atoms with Gasteiger partial charge in [0, 0.05) is 10.0 Å². The molecule has 0 saturated heterocycles. The van der Waals surface area contributed by atoms with E-state index in [9.17, 15) is 0 Å². The Morgan fingerprint density at radius 3 is 2.42 bits per heavy atom. The number of hydrogen-bond donors (Lipinski definition) is 0. The molecule has 0 aliphatic carbocycles. The van der Waals surface area contributed by atoms with Gasteiger partial charge in [-0.05, 0) is 23.6 Å². The molecule has 0 saturated carbocycles. The fraction of sp³-hybridized carbons (Fsp3) is 0.188. The molecule has 0 heterocycles. The van der Waals surface area contributed by atoms with Gasteiger partial charge in [-0.2, -0.15) is 0 Å². The lowest BCUT2D eigenvalue weighted by Gasteiger charge is -2.01. The van der Waals surface area contributed by atoms with Gasteiger partial charge in [0.25, 0.3) is 0 Å². The molecule has 0 spiro atoms. The molecule has 0 aliphatic rings. The molecule has 2 rings (SSSR count). The first-order chi connectivity index (χ1) is 9.29. The van der Waals surface area contributed by atoms with Crippen molar-refractivity contribution in [2.45, 2.75) is 20.0 Å². The summed E-state index contributed by atoms with van der Waals surface area (Å²) in [5.74, 6) is 0. The lowest BCUT2D eigenvalue weighted by Crippen LogP contribution is -1.89. The largest absolute Gasteiger partial charge is 0.390 e. The van der Waals surface area contributed by atoms with E-state index in [4.69, 9.17) is 4.84 Å². The molecule has 2 aromatic rings. The van der Waals surface area contributed by atoms with Crippen molar-refractivity contribution in [2.75, 3.05) is 0 Å². The summed E-state index contributed by atoms with van der Waals surface area (Å²) in [6, 6.07) is 16.1. The maximum absolute atomic E-state index is 5.25. The topological polar surface area (TPSA) is 21.6 Å². The molecule has 97 valence electrons. The third kappa shape index (κ3) is 4.21. The van der Waals surface area contributed by atoms with E-state index in [1.54, 1.807) is 0 Å². The smallest absolute Gasteiger partial charge is 0.142 e. The molecular weight excluding hydrogens is 302 g/mol. The zero-order valence-electron chi connectivity index (χ0n) is 10.8. The van der Waals surface area contributed by atoms with E-state index >= 15 is 0 Å². The second-order valence-electron chi connectivity index (χ2n) is 4.13. The Kier molecular flexibility index (Phi) is 5.16. The SMILES string of the molecule is CCc1ccc(CO/N=[C]\c2ccccc2Br)cc1. The van der Waals surface area contributed by atoms with Gasteiger partial charge in [0.15, 0.2) is 0 Å². The number of benzene rings is 2. The van der Waals surface area contributed by atoms with Crippen LogP contribution in [-0.4, -0.2) is 6.21 Å². The van der Waals surface area contributed by atoms with Crippen molar-refractivity contribution >= 4 is 22.1 Å². The van der Waals surface area contributed by atoms with E-state index in [-0.39, 0.29) is 0 Å². The van der Waals surface area contributed by atoms with Crippen molar-refractivity contribution in [2.24, 2.45) is 5.16 Å². The van der Waals surface area contributed by atoms with Crippen LogP contribution in [0.2, 0.25) is 0 Å². The van der Waals surface area contributed by atoms with E-state index in [2.05, 4.69) is 58.5 Å². The van der Waals surface area contributed by atoms with Crippen LogP contribution in [0.15, 0.2) is 58.2 Å². The predicted octanol–water partition coefficient (Wildman–Crippen LogP) is 4.44. The summed E-state index contributed by atoms with van der Waals surface area (Å²) in [5, 5.41) is 3.86. The van der Waals surface area contributed by atoms with Crippen LogP contribution in [0.1, 0.15) is 23.6 Å². The van der Waals surface area contributed by atoms with Crippen molar-refractivity contribution in [3.05, 3.63) is 69.7 Å². The van der Waals surface area contributed by atoms with Crippen LogP contribution in [0.4, 0.5) is 0 Å². The second kappa shape index (κ2) is 7.10. The van der Waals surface area contributed by atoms with Crippen LogP contribution >= 0.6 is 15.9 Å². The highest BCUT2D eigenvalue weighted by Crippen LogP contribution is 2.13. The molecule has 2 aromatic carbocycles. The summed E-state index contributed by atoms with van der Waals surface area (Å²) in [6.45, 7) is 2.60. The van der Waals surface area contributed by atoms with Crippen molar-refractivity contribution in [1.29, 1.82) is 0 Å². The molecule has 3 heteroatoms. The van der Waals surface area contributed by atoms with Gasteiger partial charge in [-0.1, -0.05) is 70.5 Å². The van der Waals surface area contributed by atoms with Gasteiger partial charge in [0.2, 0.25) is 0 Å². The zero-order chi connectivity index (χ0) is 13.5. The van der Waals surface area contributed by atoms with Gasteiger partial charge in [-0.3, -0.25) is 0 Å². The van der Waals surface area contributed by atoms with Gasteiger partial charge >= 0.3 is 0 Å². The molecule has 0 fully saturated rings. The van der Waals surface area contributed by atoms with Gasteiger partial charge in [-0.25, -0.2) is 0 Å². The van der Waals surface area contributed by atoms with Crippen LogP contribution in [-0.2, 0) is 17.9 Å². The van der Waals surface area contributed by atoms with E-state index in [0.717, 1.165) is 22.0 Å². The van der Waals surface area contributed by atoms with E-state index in [1.807, 2.05) is 24.3 Å². The Morgan fingerprint density at radius 1 is 1.05 bits per heavy atom. The van der Waals surface area contributed by atoms with Gasteiger partial charge in [0.1, 0.15) is 12.8 Å². The van der Waals surface area contributed by atoms with Crippen LogP contribution in [0.25, 0.3) is 0 Å². The molecule has 1 radical (unpaired) electrons. The first kappa shape index (κ1) is 13.8. The molecule has 2 nitrogen and oxygen atoms in total. The van der Waals surface area contributed by atoms with Crippen LogP contribution in [0, 0.1) is 0 Å². The Labute approximate surface area is 122 Å². The molecule has 0 aliphatic heterocycles. The van der Waals surface area contributed by atoms with E-state index < -0.39 is 0 Å². The van der Waals surface area contributed by atoms with Gasteiger partial charge in [-0.15, -0.1) is 0 Å². The Balaban J connectivity index is 1.87. The van der Waals surface area contributed by atoms with Crippen molar-refractivity contribution in [3.63, 3.8) is 0 Å². The first-order valence-electron chi connectivity index (χ1n) is 6.20. The second-order valence-corrected chi connectivity index (χ2v) is 4.98.